The summed E-state index contributed by atoms with van der Waals surface area (Å²) in [6, 6.07) is 0. The molecule has 0 aromatic rings. The molecule has 0 heterocycles. The minimum Gasteiger partial charge on any atom is -0.393 e. The Kier molecular flexibility index (Phi) is 4.35. The number of rotatable bonds is 4. The lowest BCUT2D eigenvalue weighted by Gasteiger charge is -2.25. The molecule has 0 aromatic carbocycles. The molecule has 0 saturated heterocycles. The van der Waals surface area contributed by atoms with Crippen molar-refractivity contribution in [2.75, 3.05) is 14.1 Å². The monoisotopic (exact) mass is 209 g/mol. The van der Waals surface area contributed by atoms with E-state index in [0.29, 0.717) is 0 Å². The third-order valence-electron chi connectivity index (χ3n) is 2.48. The van der Waals surface area contributed by atoms with Gasteiger partial charge >= 0.3 is 0 Å². The van der Waals surface area contributed by atoms with Crippen LogP contribution in [0, 0.1) is 5.92 Å². The van der Waals surface area contributed by atoms with Gasteiger partial charge in [-0.05, 0) is 19.8 Å². The number of hydrogen-bond acceptors (Lipinski definition) is 3. The smallest absolute Gasteiger partial charge is 0.216 e. The summed E-state index contributed by atoms with van der Waals surface area (Å²) in [6.45, 7) is 4.95. The molecule has 3 unspecified atom stereocenters. The Morgan fingerprint density at radius 2 is 1.54 bits per heavy atom. The Labute approximate surface area is 80.6 Å². The predicted molar refractivity (Wildman–Crippen MR) is 52.9 cm³/mol. The van der Waals surface area contributed by atoms with Crippen LogP contribution in [0.5, 0.6) is 0 Å². The van der Waals surface area contributed by atoms with E-state index in [0.717, 1.165) is 0 Å². The van der Waals surface area contributed by atoms with E-state index < -0.39 is 21.4 Å². The Bertz CT molecular complexity index is 246. The van der Waals surface area contributed by atoms with Crippen LogP contribution in [0.2, 0.25) is 0 Å². The highest BCUT2D eigenvalue weighted by Crippen LogP contribution is 2.17. The van der Waals surface area contributed by atoms with Gasteiger partial charge < -0.3 is 5.11 Å². The average Bonchev–Trinajstić information content (AvgIpc) is 2.01. The molecule has 0 aliphatic carbocycles. The fourth-order valence-corrected chi connectivity index (χ4v) is 2.43. The standard InChI is InChI=1S/C8H19NO3S/c1-6(7(2)10)8(3)13(11,12)9(4)5/h6-8,10H,1-5H3. The van der Waals surface area contributed by atoms with Crippen molar-refractivity contribution < 1.29 is 13.5 Å². The summed E-state index contributed by atoms with van der Waals surface area (Å²) in [5.74, 6) is -0.257. The molecular weight excluding hydrogens is 190 g/mol. The molecule has 0 spiro atoms. The Morgan fingerprint density at radius 1 is 1.15 bits per heavy atom. The molecular formula is C8H19NO3S. The van der Waals surface area contributed by atoms with Crippen molar-refractivity contribution >= 4 is 10.0 Å². The largest absolute Gasteiger partial charge is 0.393 e. The number of hydrogen-bond donors (Lipinski definition) is 1. The predicted octanol–water partition coefficient (Wildman–Crippen LogP) is 0.283. The SMILES string of the molecule is CC(O)C(C)C(C)S(=O)(=O)N(C)C. The summed E-state index contributed by atoms with van der Waals surface area (Å²) >= 11 is 0. The van der Waals surface area contributed by atoms with Crippen molar-refractivity contribution in [3.8, 4) is 0 Å². The lowest BCUT2D eigenvalue weighted by Crippen LogP contribution is -2.39. The molecule has 0 saturated carbocycles. The van der Waals surface area contributed by atoms with Gasteiger partial charge in [0.05, 0.1) is 11.4 Å². The lowest BCUT2D eigenvalue weighted by molar-refractivity contribution is 0.133. The van der Waals surface area contributed by atoms with Crippen LogP contribution in [-0.4, -0.2) is 43.3 Å². The first kappa shape index (κ1) is 12.9. The Balaban J connectivity index is 4.70. The van der Waals surface area contributed by atoms with E-state index in [-0.39, 0.29) is 5.92 Å². The summed E-state index contributed by atoms with van der Waals surface area (Å²) in [7, 11) is -0.247. The highest BCUT2D eigenvalue weighted by molar-refractivity contribution is 7.89. The second-order valence-electron chi connectivity index (χ2n) is 3.63. The molecule has 5 heteroatoms. The molecule has 4 nitrogen and oxygen atoms in total. The van der Waals surface area contributed by atoms with Gasteiger partial charge in [0.2, 0.25) is 10.0 Å². The van der Waals surface area contributed by atoms with Crippen molar-refractivity contribution in [1.29, 1.82) is 0 Å². The molecule has 13 heavy (non-hydrogen) atoms. The molecule has 1 N–H and O–H groups in total. The average molecular weight is 209 g/mol. The number of sulfonamides is 1. The quantitative estimate of drug-likeness (QED) is 0.723. The number of aliphatic hydroxyl groups excluding tert-OH is 1. The van der Waals surface area contributed by atoms with Crippen LogP contribution in [0.4, 0.5) is 0 Å². The Hall–Kier alpha value is -0.130. The van der Waals surface area contributed by atoms with Crippen molar-refractivity contribution in [2.24, 2.45) is 5.92 Å². The Morgan fingerprint density at radius 3 is 1.77 bits per heavy atom. The van der Waals surface area contributed by atoms with E-state index in [9.17, 15) is 13.5 Å². The van der Waals surface area contributed by atoms with Crippen LogP contribution in [0.15, 0.2) is 0 Å². The molecule has 80 valence electrons. The van der Waals surface area contributed by atoms with Gasteiger partial charge in [-0.1, -0.05) is 6.92 Å². The van der Waals surface area contributed by atoms with Crippen LogP contribution in [0.25, 0.3) is 0 Å². The zero-order valence-corrected chi connectivity index (χ0v) is 9.67. The van der Waals surface area contributed by atoms with E-state index in [4.69, 9.17) is 0 Å². The van der Waals surface area contributed by atoms with Gasteiger partial charge in [-0.15, -0.1) is 0 Å². The van der Waals surface area contributed by atoms with Crippen LogP contribution in [-0.2, 0) is 10.0 Å². The molecule has 0 rings (SSSR count). The second-order valence-corrected chi connectivity index (χ2v) is 6.14. The molecule has 0 radical (unpaired) electrons. The molecule has 0 aliphatic rings. The zero-order valence-electron chi connectivity index (χ0n) is 8.85. The normalized spacial score (nSPS) is 19.9. The van der Waals surface area contributed by atoms with Gasteiger partial charge in [-0.3, -0.25) is 0 Å². The molecule has 3 atom stereocenters. The molecule has 0 amide bonds. The van der Waals surface area contributed by atoms with Crippen molar-refractivity contribution in [2.45, 2.75) is 32.1 Å². The fraction of sp³-hybridized carbons (Fsp3) is 1.00. The summed E-state index contributed by atoms with van der Waals surface area (Å²) in [4.78, 5) is 0. The highest BCUT2D eigenvalue weighted by atomic mass is 32.2. The van der Waals surface area contributed by atoms with E-state index >= 15 is 0 Å². The number of nitrogens with zero attached hydrogens (tertiary/aromatic N) is 1. The maximum atomic E-state index is 11.6. The van der Waals surface area contributed by atoms with Gasteiger partial charge in [-0.2, -0.15) is 0 Å². The third-order valence-corrected chi connectivity index (χ3v) is 4.87. The second kappa shape index (κ2) is 4.39. The van der Waals surface area contributed by atoms with Gasteiger partial charge in [0, 0.05) is 14.1 Å². The van der Waals surface area contributed by atoms with Crippen LogP contribution >= 0.6 is 0 Å². The highest BCUT2D eigenvalue weighted by Gasteiger charge is 2.30. The first-order chi connectivity index (χ1) is 5.71. The van der Waals surface area contributed by atoms with E-state index in [1.54, 1.807) is 20.8 Å². The summed E-state index contributed by atoms with van der Waals surface area (Å²) in [5.41, 5.74) is 0. The van der Waals surface area contributed by atoms with E-state index in [1.807, 2.05) is 0 Å². The lowest BCUT2D eigenvalue weighted by atomic mass is 10.0. The van der Waals surface area contributed by atoms with Crippen molar-refractivity contribution in [3.63, 3.8) is 0 Å². The fourth-order valence-electron chi connectivity index (χ4n) is 0.996. The van der Waals surface area contributed by atoms with Crippen molar-refractivity contribution in [3.05, 3.63) is 0 Å². The molecule has 0 bridgehead atoms. The first-order valence-electron chi connectivity index (χ1n) is 4.30. The zero-order chi connectivity index (χ0) is 10.8. The van der Waals surface area contributed by atoms with Crippen LogP contribution in [0.1, 0.15) is 20.8 Å². The first-order valence-corrected chi connectivity index (χ1v) is 5.81. The van der Waals surface area contributed by atoms with Gasteiger partial charge in [0.1, 0.15) is 0 Å². The molecule has 0 aromatic heterocycles. The maximum absolute atomic E-state index is 11.6. The van der Waals surface area contributed by atoms with Gasteiger partial charge in [0.25, 0.3) is 0 Å². The summed E-state index contributed by atoms with van der Waals surface area (Å²) < 4.78 is 24.4. The van der Waals surface area contributed by atoms with Gasteiger partial charge in [0.15, 0.2) is 0 Å². The van der Waals surface area contributed by atoms with Gasteiger partial charge in [-0.25, -0.2) is 12.7 Å². The summed E-state index contributed by atoms with van der Waals surface area (Å²) in [6.07, 6.45) is -0.607. The maximum Gasteiger partial charge on any atom is 0.216 e. The summed E-state index contributed by atoms with van der Waals surface area (Å²) in [5, 5.41) is 8.70. The minimum atomic E-state index is -3.25. The third kappa shape index (κ3) is 2.93. The molecule has 0 aliphatic heterocycles. The molecule has 0 fully saturated rings. The van der Waals surface area contributed by atoms with Crippen molar-refractivity contribution in [1.82, 2.24) is 4.31 Å². The van der Waals surface area contributed by atoms with Crippen LogP contribution < -0.4 is 0 Å². The minimum absolute atomic E-state index is 0.257. The van der Waals surface area contributed by atoms with E-state index in [2.05, 4.69) is 0 Å². The van der Waals surface area contributed by atoms with E-state index in [1.165, 1.54) is 18.4 Å². The van der Waals surface area contributed by atoms with Crippen LogP contribution in [0.3, 0.4) is 0 Å². The topological polar surface area (TPSA) is 57.6 Å². The number of aliphatic hydroxyl groups is 1.